The second-order valence-corrected chi connectivity index (χ2v) is 8.78. The molecule has 3 aromatic rings. The van der Waals surface area contributed by atoms with Crippen LogP contribution in [0.1, 0.15) is 25.3 Å². The van der Waals surface area contributed by atoms with Gasteiger partial charge in [0, 0.05) is 11.1 Å². The third-order valence-electron chi connectivity index (χ3n) is 4.42. The van der Waals surface area contributed by atoms with E-state index in [0.717, 1.165) is 16.8 Å². The number of aromatic nitrogens is 3. The van der Waals surface area contributed by atoms with Crippen molar-refractivity contribution in [1.82, 2.24) is 15.0 Å². The van der Waals surface area contributed by atoms with Crippen LogP contribution in [0.3, 0.4) is 0 Å². The van der Waals surface area contributed by atoms with Crippen molar-refractivity contribution in [3.8, 4) is 22.7 Å². The lowest BCUT2D eigenvalue weighted by Crippen LogP contribution is -2.12. The first-order valence-electron chi connectivity index (χ1n) is 9.09. The maximum Gasteiger partial charge on any atom is 0.156 e. The number of hydrogen-bond acceptors (Lipinski definition) is 5. The van der Waals surface area contributed by atoms with Crippen molar-refractivity contribution in [1.29, 1.82) is 0 Å². The molecular weight excluding hydrogens is 400 g/mol. The fourth-order valence-electron chi connectivity index (χ4n) is 2.87. The first kappa shape index (κ1) is 20.9. The summed E-state index contributed by atoms with van der Waals surface area (Å²) in [6.45, 7) is 1.87. The van der Waals surface area contributed by atoms with Gasteiger partial charge in [0.2, 0.25) is 0 Å². The van der Waals surface area contributed by atoms with Crippen LogP contribution in [-0.4, -0.2) is 36.3 Å². The van der Waals surface area contributed by atoms with Gasteiger partial charge in [-0.05, 0) is 24.6 Å². The molecule has 0 aliphatic carbocycles. The van der Waals surface area contributed by atoms with E-state index in [9.17, 15) is 17.2 Å². The molecule has 0 unspecified atom stereocenters. The Kier molecular flexibility index (Phi) is 6.26. The maximum atomic E-state index is 15.0. The highest BCUT2D eigenvalue weighted by atomic mass is 32.2. The second-order valence-electron chi connectivity index (χ2n) is 6.59. The molecule has 0 amide bonds. The van der Waals surface area contributed by atoms with Gasteiger partial charge in [0.25, 0.3) is 0 Å². The van der Waals surface area contributed by atoms with Crippen molar-refractivity contribution in [2.45, 2.75) is 25.5 Å². The minimum Gasteiger partial charge on any atom is -0.497 e. The second kappa shape index (κ2) is 8.69. The number of methoxy groups -OCH3 is 1. The molecule has 0 N–H and O–H groups in total. The molecule has 29 heavy (non-hydrogen) atoms. The van der Waals surface area contributed by atoms with Gasteiger partial charge >= 0.3 is 0 Å². The van der Waals surface area contributed by atoms with Crippen LogP contribution in [0, 0.1) is 11.6 Å². The molecular formula is C20H21F2N3O3S. The van der Waals surface area contributed by atoms with Crippen LogP contribution in [-0.2, 0) is 15.6 Å². The fraction of sp³-hybridized carbons (Fsp3) is 0.300. The topological polar surface area (TPSA) is 74.1 Å². The van der Waals surface area contributed by atoms with Gasteiger partial charge in [0.1, 0.15) is 17.1 Å². The summed E-state index contributed by atoms with van der Waals surface area (Å²) in [5.74, 6) is -1.76. The van der Waals surface area contributed by atoms with E-state index in [1.165, 1.54) is 13.3 Å². The van der Waals surface area contributed by atoms with Gasteiger partial charge in [-0.25, -0.2) is 21.9 Å². The molecule has 0 saturated carbocycles. The van der Waals surface area contributed by atoms with E-state index in [2.05, 4.69) is 10.3 Å². The lowest BCUT2D eigenvalue weighted by Gasteiger charge is -2.10. The number of rotatable bonds is 8. The zero-order valence-corrected chi connectivity index (χ0v) is 16.9. The summed E-state index contributed by atoms with van der Waals surface area (Å²) in [4.78, 5) is 0. The van der Waals surface area contributed by atoms with Gasteiger partial charge in [0.15, 0.2) is 21.5 Å². The molecule has 0 saturated heterocycles. The molecule has 0 aliphatic heterocycles. The fourth-order valence-corrected chi connectivity index (χ4v) is 4.43. The van der Waals surface area contributed by atoms with E-state index in [0.29, 0.717) is 29.8 Å². The van der Waals surface area contributed by atoms with Gasteiger partial charge in [0.05, 0.1) is 24.8 Å². The minimum atomic E-state index is -3.50. The minimum absolute atomic E-state index is 0.0427. The predicted octanol–water partition coefficient (Wildman–Crippen LogP) is 3.94. The van der Waals surface area contributed by atoms with Crippen molar-refractivity contribution in [3.05, 3.63) is 59.8 Å². The number of sulfone groups is 1. The smallest absolute Gasteiger partial charge is 0.156 e. The van der Waals surface area contributed by atoms with E-state index in [4.69, 9.17) is 4.74 Å². The number of ether oxygens (including phenoxy) is 1. The molecule has 1 aromatic heterocycles. The first-order chi connectivity index (χ1) is 13.8. The van der Waals surface area contributed by atoms with E-state index in [1.807, 2.05) is 6.92 Å². The molecule has 0 atom stereocenters. The molecule has 9 heteroatoms. The molecule has 3 rings (SSSR count). The van der Waals surface area contributed by atoms with Gasteiger partial charge in [-0.15, -0.1) is 5.10 Å². The predicted molar refractivity (Wildman–Crippen MR) is 106 cm³/mol. The van der Waals surface area contributed by atoms with Crippen molar-refractivity contribution < 1.29 is 21.9 Å². The molecule has 2 aromatic carbocycles. The standard InChI is InChI=1S/C20H21F2N3O3S/c1-3-4-10-29(26,27)13-15-8-9-17(21)20(19(15)22)25-12-18(23-24-25)14-6-5-7-16(11-14)28-2/h5-9,11-12H,3-4,10,13H2,1-2H3. The van der Waals surface area contributed by atoms with Crippen LogP contribution in [0.2, 0.25) is 0 Å². The Balaban J connectivity index is 1.96. The SMILES string of the molecule is CCCCS(=O)(=O)Cc1ccc(F)c(-n2cc(-c3cccc(OC)c3)nn2)c1F. The quantitative estimate of drug-likeness (QED) is 0.551. The lowest BCUT2D eigenvalue weighted by atomic mass is 10.1. The average Bonchev–Trinajstić information content (AvgIpc) is 3.18. The summed E-state index contributed by atoms with van der Waals surface area (Å²) in [5.41, 5.74) is 0.490. The number of halogens is 2. The Morgan fingerprint density at radius 3 is 2.69 bits per heavy atom. The largest absolute Gasteiger partial charge is 0.497 e. The molecule has 6 nitrogen and oxygen atoms in total. The Bertz CT molecular complexity index is 1110. The van der Waals surface area contributed by atoms with Crippen LogP contribution in [0.25, 0.3) is 16.9 Å². The Morgan fingerprint density at radius 2 is 1.97 bits per heavy atom. The van der Waals surface area contributed by atoms with Crippen LogP contribution in [0.15, 0.2) is 42.6 Å². The third-order valence-corrected chi connectivity index (χ3v) is 6.08. The van der Waals surface area contributed by atoms with Crippen LogP contribution < -0.4 is 4.74 Å². The molecule has 0 aliphatic rings. The van der Waals surface area contributed by atoms with E-state index in [-0.39, 0.29) is 11.3 Å². The number of hydrogen-bond donors (Lipinski definition) is 0. The Hall–Kier alpha value is -2.81. The highest BCUT2D eigenvalue weighted by Crippen LogP contribution is 2.26. The average molecular weight is 421 g/mol. The van der Waals surface area contributed by atoms with Crippen molar-refractivity contribution >= 4 is 9.84 Å². The maximum absolute atomic E-state index is 15.0. The molecule has 0 radical (unpaired) electrons. The van der Waals surface area contributed by atoms with Gasteiger partial charge < -0.3 is 4.74 Å². The summed E-state index contributed by atoms with van der Waals surface area (Å²) in [7, 11) is -1.97. The normalized spacial score (nSPS) is 11.6. The van der Waals surface area contributed by atoms with Gasteiger partial charge in [-0.3, -0.25) is 0 Å². The Morgan fingerprint density at radius 1 is 1.17 bits per heavy atom. The third kappa shape index (κ3) is 4.79. The summed E-state index contributed by atoms with van der Waals surface area (Å²) in [5, 5.41) is 7.79. The molecule has 154 valence electrons. The highest BCUT2D eigenvalue weighted by Gasteiger charge is 2.21. The van der Waals surface area contributed by atoms with Crippen LogP contribution in [0.4, 0.5) is 8.78 Å². The first-order valence-corrected chi connectivity index (χ1v) is 10.9. The van der Waals surface area contributed by atoms with Crippen LogP contribution in [0.5, 0.6) is 5.75 Å². The molecule has 0 fully saturated rings. The van der Waals surface area contributed by atoms with Crippen molar-refractivity contribution in [2.75, 3.05) is 12.9 Å². The summed E-state index contributed by atoms with van der Waals surface area (Å²) >= 11 is 0. The monoisotopic (exact) mass is 421 g/mol. The number of benzene rings is 2. The Labute approximate surface area is 168 Å². The molecule has 1 heterocycles. The van der Waals surface area contributed by atoms with E-state index in [1.54, 1.807) is 24.3 Å². The zero-order chi connectivity index (χ0) is 21.0. The summed E-state index contributed by atoms with van der Waals surface area (Å²) in [6.07, 6.45) is 2.58. The molecule has 0 bridgehead atoms. The lowest BCUT2D eigenvalue weighted by molar-refractivity contribution is 0.415. The van der Waals surface area contributed by atoms with E-state index < -0.39 is 32.9 Å². The zero-order valence-electron chi connectivity index (χ0n) is 16.1. The van der Waals surface area contributed by atoms with Crippen molar-refractivity contribution in [2.24, 2.45) is 0 Å². The van der Waals surface area contributed by atoms with Gasteiger partial charge in [-0.2, -0.15) is 0 Å². The summed E-state index contributed by atoms with van der Waals surface area (Å²) < 4.78 is 59.9. The van der Waals surface area contributed by atoms with E-state index >= 15 is 0 Å². The summed E-state index contributed by atoms with van der Waals surface area (Å²) in [6, 6.07) is 9.19. The number of nitrogens with zero attached hydrogens (tertiary/aromatic N) is 3. The van der Waals surface area contributed by atoms with Crippen LogP contribution >= 0.6 is 0 Å². The molecule has 0 spiro atoms. The van der Waals surface area contributed by atoms with Gasteiger partial charge in [-0.1, -0.05) is 36.8 Å². The van der Waals surface area contributed by atoms with Crippen molar-refractivity contribution in [3.63, 3.8) is 0 Å². The number of unbranched alkanes of at least 4 members (excludes halogenated alkanes) is 1. The highest BCUT2D eigenvalue weighted by molar-refractivity contribution is 7.90.